The second-order valence-electron chi connectivity index (χ2n) is 2.74. The van der Waals surface area contributed by atoms with Crippen molar-refractivity contribution in [2.45, 2.75) is 33.1 Å². The third-order valence-corrected chi connectivity index (χ3v) is 2.90. The van der Waals surface area contributed by atoms with Crippen LogP contribution >= 0.6 is 11.3 Å². The molecule has 1 rings (SSSR count). The highest BCUT2D eigenvalue weighted by atomic mass is 32.1. The Bertz CT molecular complexity index is 200. The number of hydrogen-bond donors (Lipinski definition) is 0. The van der Waals surface area contributed by atoms with Crippen molar-refractivity contribution in [3.05, 3.63) is 21.9 Å². The van der Waals surface area contributed by atoms with Gasteiger partial charge in [0, 0.05) is 4.88 Å². The smallest absolute Gasteiger partial charge is 0.00489 e. The molecule has 1 unspecified atom stereocenters. The van der Waals surface area contributed by atoms with E-state index in [1.165, 1.54) is 16.9 Å². The van der Waals surface area contributed by atoms with Gasteiger partial charge in [-0.3, -0.25) is 0 Å². The monoisotopic (exact) mass is 154 g/mol. The Labute approximate surface area is 66.9 Å². The van der Waals surface area contributed by atoms with Gasteiger partial charge in [-0.25, -0.2) is 0 Å². The molecule has 1 heteroatoms. The predicted molar refractivity (Wildman–Crippen MR) is 47.8 cm³/mol. The number of hydrogen-bond acceptors (Lipinski definition) is 1. The van der Waals surface area contributed by atoms with Crippen LogP contribution in [0.15, 0.2) is 11.4 Å². The van der Waals surface area contributed by atoms with E-state index in [1.54, 1.807) is 0 Å². The number of rotatable bonds is 2. The molecule has 0 aliphatic rings. The maximum absolute atomic E-state index is 2.29. The molecule has 0 radical (unpaired) electrons. The second kappa shape index (κ2) is 3.20. The molecule has 0 amide bonds. The summed E-state index contributed by atoms with van der Waals surface area (Å²) in [6, 6.07) is 2.24. The third-order valence-electron chi connectivity index (χ3n) is 2.04. The largest absolute Gasteiger partial charge is 0.149 e. The van der Waals surface area contributed by atoms with E-state index in [4.69, 9.17) is 0 Å². The molecule has 0 bridgehead atoms. The SMILES string of the molecule is CCC(C)c1ccsc1C. The molecule has 0 saturated carbocycles. The molecule has 0 nitrogen and oxygen atoms in total. The first-order valence-corrected chi connectivity index (χ1v) is 4.67. The van der Waals surface area contributed by atoms with Gasteiger partial charge >= 0.3 is 0 Å². The van der Waals surface area contributed by atoms with Crippen LogP contribution in [0.3, 0.4) is 0 Å². The van der Waals surface area contributed by atoms with Gasteiger partial charge in [0.1, 0.15) is 0 Å². The number of aryl methyl sites for hydroxylation is 1. The van der Waals surface area contributed by atoms with Crippen LogP contribution < -0.4 is 0 Å². The highest BCUT2D eigenvalue weighted by molar-refractivity contribution is 7.10. The molecule has 0 aliphatic heterocycles. The molecular weight excluding hydrogens is 140 g/mol. The average molecular weight is 154 g/mol. The maximum atomic E-state index is 2.29. The fourth-order valence-corrected chi connectivity index (χ4v) is 1.95. The highest BCUT2D eigenvalue weighted by Gasteiger charge is 2.05. The quantitative estimate of drug-likeness (QED) is 0.611. The molecule has 10 heavy (non-hydrogen) atoms. The van der Waals surface area contributed by atoms with Gasteiger partial charge in [-0.05, 0) is 36.3 Å². The average Bonchev–Trinajstić information content (AvgIpc) is 2.34. The van der Waals surface area contributed by atoms with Gasteiger partial charge in [-0.2, -0.15) is 0 Å². The Kier molecular flexibility index (Phi) is 2.50. The van der Waals surface area contributed by atoms with E-state index in [2.05, 4.69) is 32.2 Å². The zero-order valence-electron chi connectivity index (χ0n) is 6.85. The summed E-state index contributed by atoms with van der Waals surface area (Å²) in [6.45, 7) is 6.73. The summed E-state index contributed by atoms with van der Waals surface area (Å²) in [5.74, 6) is 0.742. The zero-order valence-corrected chi connectivity index (χ0v) is 7.66. The van der Waals surface area contributed by atoms with Crippen LogP contribution in [0.2, 0.25) is 0 Å². The molecule has 1 atom stereocenters. The molecule has 0 saturated heterocycles. The van der Waals surface area contributed by atoms with Gasteiger partial charge in [0.2, 0.25) is 0 Å². The Morgan fingerprint density at radius 2 is 2.30 bits per heavy atom. The Balaban J connectivity index is 2.82. The summed E-state index contributed by atoms with van der Waals surface area (Å²) < 4.78 is 0. The van der Waals surface area contributed by atoms with Crippen molar-refractivity contribution in [1.82, 2.24) is 0 Å². The van der Waals surface area contributed by atoms with Crippen molar-refractivity contribution in [3.8, 4) is 0 Å². The molecule has 0 aliphatic carbocycles. The minimum Gasteiger partial charge on any atom is -0.149 e. The van der Waals surface area contributed by atoms with Crippen molar-refractivity contribution < 1.29 is 0 Å². The fourth-order valence-electron chi connectivity index (χ4n) is 1.13. The summed E-state index contributed by atoms with van der Waals surface area (Å²) in [7, 11) is 0. The lowest BCUT2D eigenvalue weighted by Crippen LogP contribution is -1.89. The molecule has 0 aromatic carbocycles. The standard InChI is InChI=1S/C9H14S/c1-4-7(2)9-5-6-10-8(9)3/h5-7H,4H2,1-3H3. The van der Waals surface area contributed by atoms with Crippen molar-refractivity contribution in [2.24, 2.45) is 0 Å². The van der Waals surface area contributed by atoms with E-state index in [1.807, 2.05) is 11.3 Å². The van der Waals surface area contributed by atoms with Crippen LogP contribution in [0.5, 0.6) is 0 Å². The van der Waals surface area contributed by atoms with Crippen molar-refractivity contribution in [3.63, 3.8) is 0 Å². The molecule has 1 aromatic rings. The first-order chi connectivity index (χ1) is 4.75. The number of thiophene rings is 1. The van der Waals surface area contributed by atoms with Crippen LogP contribution in [0, 0.1) is 6.92 Å². The zero-order chi connectivity index (χ0) is 7.56. The van der Waals surface area contributed by atoms with Crippen LogP contribution in [0.4, 0.5) is 0 Å². The van der Waals surface area contributed by atoms with Gasteiger partial charge in [0.15, 0.2) is 0 Å². The van der Waals surface area contributed by atoms with Gasteiger partial charge < -0.3 is 0 Å². The van der Waals surface area contributed by atoms with Gasteiger partial charge in [0.05, 0.1) is 0 Å². The van der Waals surface area contributed by atoms with E-state index in [0.29, 0.717) is 0 Å². The van der Waals surface area contributed by atoms with E-state index < -0.39 is 0 Å². The molecule has 56 valence electrons. The fraction of sp³-hybridized carbons (Fsp3) is 0.556. The van der Waals surface area contributed by atoms with Crippen molar-refractivity contribution in [2.75, 3.05) is 0 Å². The lowest BCUT2D eigenvalue weighted by Gasteiger charge is -2.06. The van der Waals surface area contributed by atoms with Crippen LogP contribution in [0.25, 0.3) is 0 Å². The molecular formula is C9H14S. The molecule has 0 spiro atoms. The maximum Gasteiger partial charge on any atom is 0.00489 e. The van der Waals surface area contributed by atoms with Gasteiger partial charge in [-0.15, -0.1) is 11.3 Å². The van der Waals surface area contributed by atoms with E-state index in [9.17, 15) is 0 Å². The van der Waals surface area contributed by atoms with Crippen LogP contribution in [-0.2, 0) is 0 Å². The minimum absolute atomic E-state index is 0.742. The Morgan fingerprint density at radius 3 is 2.70 bits per heavy atom. The summed E-state index contributed by atoms with van der Waals surface area (Å²) in [4.78, 5) is 1.48. The summed E-state index contributed by atoms with van der Waals surface area (Å²) in [5, 5.41) is 2.18. The summed E-state index contributed by atoms with van der Waals surface area (Å²) >= 11 is 1.85. The molecule has 1 aromatic heterocycles. The van der Waals surface area contributed by atoms with Crippen molar-refractivity contribution >= 4 is 11.3 Å². The lowest BCUT2D eigenvalue weighted by molar-refractivity contribution is 0.732. The highest BCUT2D eigenvalue weighted by Crippen LogP contribution is 2.25. The summed E-state index contributed by atoms with van der Waals surface area (Å²) in [5.41, 5.74) is 1.53. The van der Waals surface area contributed by atoms with Crippen LogP contribution in [-0.4, -0.2) is 0 Å². The van der Waals surface area contributed by atoms with Gasteiger partial charge in [-0.1, -0.05) is 13.8 Å². The lowest BCUT2D eigenvalue weighted by atomic mass is 10.0. The van der Waals surface area contributed by atoms with E-state index in [0.717, 1.165) is 5.92 Å². The Morgan fingerprint density at radius 1 is 1.60 bits per heavy atom. The van der Waals surface area contributed by atoms with E-state index >= 15 is 0 Å². The second-order valence-corrected chi connectivity index (χ2v) is 3.86. The Hall–Kier alpha value is -0.300. The predicted octanol–water partition coefficient (Wildman–Crippen LogP) is 3.57. The molecule has 0 fully saturated rings. The van der Waals surface area contributed by atoms with Crippen molar-refractivity contribution in [1.29, 1.82) is 0 Å². The summed E-state index contributed by atoms with van der Waals surface area (Å²) in [6.07, 6.45) is 1.25. The van der Waals surface area contributed by atoms with Crippen LogP contribution in [0.1, 0.15) is 36.6 Å². The topological polar surface area (TPSA) is 0 Å². The molecule has 0 N–H and O–H groups in total. The van der Waals surface area contributed by atoms with Gasteiger partial charge in [0.25, 0.3) is 0 Å². The first kappa shape index (κ1) is 7.80. The van der Waals surface area contributed by atoms with E-state index in [-0.39, 0.29) is 0 Å². The third kappa shape index (κ3) is 1.40. The minimum atomic E-state index is 0.742. The normalized spacial score (nSPS) is 13.5. The first-order valence-electron chi connectivity index (χ1n) is 3.79. The molecule has 1 heterocycles.